The highest BCUT2D eigenvalue weighted by molar-refractivity contribution is 7.98. The molecular weight excluding hydrogens is 338 g/mol. The van der Waals surface area contributed by atoms with Crippen LogP contribution in [0.2, 0.25) is 0 Å². The molecule has 0 saturated carbocycles. The Morgan fingerprint density at radius 1 is 1.24 bits per heavy atom. The molecule has 130 valence electrons. The summed E-state index contributed by atoms with van der Waals surface area (Å²) < 4.78 is 10.7. The second kappa shape index (κ2) is 7.14. The third kappa shape index (κ3) is 3.61. The van der Waals surface area contributed by atoms with Gasteiger partial charge < -0.3 is 14.9 Å². The fourth-order valence-electron chi connectivity index (χ4n) is 2.48. The first-order chi connectivity index (χ1) is 12.0. The summed E-state index contributed by atoms with van der Waals surface area (Å²) >= 11 is 1.61. The van der Waals surface area contributed by atoms with Crippen molar-refractivity contribution < 1.29 is 13.9 Å². The van der Waals surface area contributed by atoms with Gasteiger partial charge in [0.15, 0.2) is 0 Å². The molecule has 0 radical (unpaired) electrons. The average Bonchev–Trinajstić information content (AvgIpc) is 2.91. The zero-order valence-electron chi connectivity index (χ0n) is 14.3. The van der Waals surface area contributed by atoms with Gasteiger partial charge in [0, 0.05) is 4.90 Å². The van der Waals surface area contributed by atoms with E-state index in [-0.39, 0.29) is 12.4 Å². The number of rotatable bonds is 5. The standard InChI is InChI=1S/C18H19N3O3S/c1-4-23-18(22)14-11(3)24-17-15(14)16(19)20-13(21-17)9-25-12-7-5-10(2)6-8-12/h5-8H,4,9H2,1-3H3,(H2,19,20,21). The maximum Gasteiger partial charge on any atom is 0.342 e. The van der Waals surface area contributed by atoms with E-state index in [1.807, 2.05) is 6.92 Å². The van der Waals surface area contributed by atoms with Gasteiger partial charge in [0.1, 0.15) is 23.0 Å². The molecule has 0 atom stereocenters. The summed E-state index contributed by atoms with van der Waals surface area (Å²) in [7, 11) is 0. The van der Waals surface area contributed by atoms with E-state index >= 15 is 0 Å². The van der Waals surface area contributed by atoms with Gasteiger partial charge in [0.25, 0.3) is 0 Å². The Labute approximate surface area is 149 Å². The van der Waals surface area contributed by atoms with Crippen LogP contribution in [0.3, 0.4) is 0 Å². The first kappa shape index (κ1) is 17.3. The van der Waals surface area contributed by atoms with E-state index in [9.17, 15) is 4.79 Å². The monoisotopic (exact) mass is 357 g/mol. The Hall–Kier alpha value is -2.54. The third-order valence-corrected chi connectivity index (χ3v) is 4.68. The van der Waals surface area contributed by atoms with Gasteiger partial charge in [-0.2, -0.15) is 4.98 Å². The predicted octanol–water partition coefficient (Wildman–Crippen LogP) is 3.89. The van der Waals surface area contributed by atoms with Gasteiger partial charge in [0.05, 0.1) is 17.7 Å². The Bertz CT molecular complexity index is 919. The Balaban J connectivity index is 1.89. The summed E-state index contributed by atoms with van der Waals surface area (Å²) in [5, 5.41) is 0.417. The number of carbonyl (C=O) groups is 1. The number of hydrogen-bond donors (Lipinski definition) is 1. The molecule has 0 aliphatic heterocycles. The molecule has 2 heterocycles. The Morgan fingerprint density at radius 2 is 1.96 bits per heavy atom. The SMILES string of the molecule is CCOC(=O)c1c(C)oc2nc(CSc3ccc(C)cc3)nc(N)c12. The quantitative estimate of drug-likeness (QED) is 0.547. The van der Waals surface area contributed by atoms with Crippen LogP contribution in [0.25, 0.3) is 11.1 Å². The van der Waals surface area contributed by atoms with Crippen molar-refractivity contribution in [1.82, 2.24) is 9.97 Å². The van der Waals surface area contributed by atoms with Crippen LogP contribution < -0.4 is 5.73 Å². The van der Waals surface area contributed by atoms with Gasteiger partial charge in [-0.3, -0.25) is 0 Å². The molecule has 2 aromatic heterocycles. The highest BCUT2D eigenvalue weighted by Crippen LogP contribution is 2.30. The lowest BCUT2D eigenvalue weighted by Gasteiger charge is -2.04. The second-order valence-electron chi connectivity index (χ2n) is 5.56. The van der Waals surface area contributed by atoms with Crippen molar-refractivity contribution in [3.05, 3.63) is 47.0 Å². The molecule has 6 nitrogen and oxygen atoms in total. The molecule has 0 fully saturated rings. The number of benzene rings is 1. The van der Waals surface area contributed by atoms with Crippen LogP contribution in [0.4, 0.5) is 5.82 Å². The van der Waals surface area contributed by atoms with Crippen LogP contribution in [0.1, 0.15) is 34.4 Å². The summed E-state index contributed by atoms with van der Waals surface area (Å²) in [6.07, 6.45) is 0. The number of fused-ring (bicyclic) bond motifs is 1. The first-order valence-electron chi connectivity index (χ1n) is 7.91. The van der Waals surface area contributed by atoms with Crippen molar-refractivity contribution in [3.8, 4) is 0 Å². The molecule has 0 aliphatic rings. The Morgan fingerprint density at radius 3 is 2.64 bits per heavy atom. The van der Waals surface area contributed by atoms with E-state index in [0.717, 1.165) is 4.90 Å². The van der Waals surface area contributed by atoms with E-state index in [4.69, 9.17) is 14.9 Å². The van der Waals surface area contributed by atoms with Crippen molar-refractivity contribution in [2.75, 3.05) is 12.3 Å². The highest BCUT2D eigenvalue weighted by Gasteiger charge is 2.23. The molecule has 1 aromatic carbocycles. The molecule has 0 aliphatic carbocycles. The molecule has 2 N–H and O–H groups in total. The van der Waals surface area contributed by atoms with Crippen molar-refractivity contribution in [3.63, 3.8) is 0 Å². The normalized spacial score (nSPS) is 11.0. The molecule has 0 saturated heterocycles. The molecule has 0 amide bonds. The number of ether oxygens (including phenoxy) is 1. The van der Waals surface area contributed by atoms with Gasteiger partial charge in [-0.25, -0.2) is 9.78 Å². The van der Waals surface area contributed by atoms with Crippen molar-refractivity contribution in [1.29, 1.82) is 0 Å². The highest BCUT2D eigenvalue weighted by atomic mass is 32.2. The number of carbonyl (C=O) groups excluding carboxylic acids is 1. The summed E-state index contributed by atoms with van der Waals surface area (Å²) in [5.74, 6) is 1.29. The van der Waals surface area contributed by atoms with Gasteiger partial charge in [-0.15, -0.1) is 11.8 Å². The lowest BCUT2D eigenvalue weighted by molar-refractivity contribution is 0.0526. The number of aromatic nitrogens is 2. The number of esters is 1. The summed E-state index contributed by atoms with van der Waals surface area (Å²) in [4.78, 5) is 22.0. The molecule has 0 unspecified atom stereocenters. The lowest BCUT2D eigenvalue weighted by atomic mass is 10.2. The predicted molar refractivity (Wildman–Crippen MR) is 97.6 cm³/mol. The smallest absolute Gasteiger partial charge is 0.342 e. The molecule has 3 aromatic rings. The zero-order valence-corrected chi connectivity index (χ0v) is 15.1. The topological polar surface area (TPSA) is 91.2 Å². The van der Waals surface area contributed by atoms with Gasteiger partial charge in [-0.1, -0.05) is 17.7 Å². The minimum atomic E-state index is -0.476. The van der Waals surface area contributed by atoms with E-state index in [1.54, 1.807) is 25.6 Å². The number of thioether (sulfide) groups is 1. The second-order valence-corrected chi connectivity index (χ2v) is 6.61. The number of nitrogens with zero attached hydrogens (tertiary/aromatic N) is 2. The molecule has 7 heteroatoms. The van der Waals surface area contributed by atoms with Crippen molar-refractivity contribution >= 4 is 34.6 Å². The molecule has 3 rings (SSSR count). The number of nitrogens with two attached hydrogens (primary N) is 1. The Kier molecular flexibility index (Phi) is 4.94. The van der Waals surface area contributed by atoms with E-state index in [2.05, 4.69) is 34.2 Å². The first-order valence-corrected chi connectivity index (χ1v) is 8.90. The lowest BCUT2D eigenvalue weighted by Crippen LogP contribution is -2.07. The van der Waals surface area contributed by atoms with E-state index in [1.165, 1.54) is 5.56 Å². The number of hydrogen-bond acceptors (Lipinski definition) is 7. The minimum absolute atomic E-state index is 0.226. The third-order valence-electron chi connectivity index (χ3n) is 3.67. The maximum atomic E-state index is 12.1. The van der Waals surface area contributed by atoms with E-state index < -0.39 is 5.97 Å². The summed E-state index contributed by atoms with van der Waals surface area (Å²) in [5.41, 5.74) is 7.89. The number of furan rings is 1. The average molecular weight is 357 g/mol. The molecule has 0 spiro atoms. The van der Waals surface area contributed by atoms with Gasteiger partial charge >= 0.3 is 5.97 Å². The molecular formula is C18H19N3O3S. The van der Waals surface area contributed by atoms with Crippen LogP contribution in [0.15, 0.2) is 33.6 Å². The summed E-state index contributed by atoms with van der Waals surface area (Å²) in [6, 6.07) is 8.22. The van der Waals surface area contributed by atoms with Crippen LogP contribution in [-0.2, 0) is 10.5 Å². The zero-order chi connectivity index (χ0) is 18.0. The fraction of sp³-hybridized carbons (Fsp3) is 0.278. The largest absolute Gasteiger partial charge is 0.462 e. The van der Waals surface area contributed by atoms with Crippen LogP contribution in [-0.4, -0.2) is 22.5 Å². The van der Waals surface area contributed by atoms with Crippen LogP contribution in [0.5, 0.6) is 0 Å². The number of aryl methyl sites for hydroxylation is 2. The van der Waals surface area contributed by atoms with E-state index in [0.29, 0.717) is 34.0 Å². The van der Waals surface area contributed by atoms with Crippen LogP contribution in [0, 0.1) is 13.8 Å². The number of nitrogen functional groups attached to an aromatic ring is 1. The maximum absolute atomic E-state index is 12.1. The molecule has 0 bridgehead atoms. The van der Waals surface area contributed by atoms with Gasteiger partial charge in [0.2, 0.25) is 5.71 Å². The van der Waals surface area contributed by atoms with Crippen molar-refractivity contribution in [2.24, 2.45) is 0 Å². The molecule has 25 heavy (non-hydrogen) atoms. The van der Waals surface area contributed by atoms with Crippen LogP contribution >= 0.6 is 11.8 Å². The summed E-state index contributed by atoms with van der Waals surface area (Å²) in [6.45, 7) is 5.76. The van der Waals surface area contributed by atoms with Gasteiger partial charge in [-0.05, 0) is 32.9 Å². The number of anilines is 1. The fourth-order valence-corrected chi connectivity index (χ4v) is 3.23. The van der Waals surface area contributed by atoms with Crippen molar-refractivity contribution in [2.45, 2.75) is 31.4 Å². The minimum Gasteiger partial charge on any atom is -0.462 e.